The summed E-state index contributed by atoms with van der Waals surface area (Å²) < 4.78 is 6.24. The third-order valence-electron chi connectivity index (χ3n) is 3.93. The van der Waals surface area contributed by atoms with Crippen molar-refractivity contribution in [3.05, 3.63) is 28.6 Å². The number of fused-ring (bicyclic) bond motifs is 2. The summed E-state index contributed by atoms with van der Waals surface area (Å²) in [6.07, 6.45) is 1.13. The minimum Gasteiger partial charge on any atom is -0.462 e. The Morgan fingerprint density at radius 1 is 1.40 bits per heavy atom. The molecule has 0 radical (unpaired) electrons. The number of hydrogen-bond donors (Lipinski definition) is 1. The Balaban J connectivity index is 2.09. The summed E-state index contributed by atoms with van der Waals surface area (Å²) in [5.41, 5.74) is 2.72. The summed E-state index contributed by atoms with van der Waals surface area (Å²) in [4.78, 5) is 12.5. The normalized spacial score (nSPS) is 16.6. The van der Waals surface area contributed by atoms with E-state index in [0.29, 0.717) is 11.5 Å². The number of ether oxygens (including phenoxy) is 1. The number of rotatable bonds is 2. The van der Waals surface area contributed by atoms with Crippen molar-refractivity contribution in [3.63, 3.8) is 0 Å². The van der Waals surface area contributed by atoms with E-state index in [4.69, 9.17) is 4.74 Å². The number of nitrogens with one attached hydrogen (secondary N) is 1. The van der Waals surface area contributed by atoms with Crippen molar-refractivity contribution in [1.29, 1.82) is 0 Å². The Morgan fingerprint density at radius 2 is 2.20 bits per heavy atom. The molecular formula is C16H19NO2S. The Hall–Kier alpha value is -1.55. The van der Waals surface area contributed by atoms with Crippen LogP contribution in [0.3, 0.4) is 0 Å². The highest BCUT2D eigenvalue weighted by Crippen LogP contribution is 2.40. The van der Waals surface area contributed by atoms with Crippen molar-refractivity contribution >= 4 is 33.1 Å². The third kappa shape index (κ3) is 2.18. The summed E-state index contributed by atoms with van der Waals surface area (Å²) in [5, 5.41) is 4.58. The maximum atomic E-state index is 11.8. The van der Waals surface area contributed by atoms with Crippen LogP contribution in [-0.4, -0.2) is 19.1 Å². The van der Waals surface area contributed by atoms with Gasteiger partial charge in [0.2, 0.25) is 0 Å². The largest absolute Gasteiger partial charge is 0.462 e. The second-order valence-corrected chi connectivity index (χ2v) is 6.91. The predicted octanol–water partition coefficient (Wildman–Crippen LogP) is 4.17. The maximum absolute atomic E-state index is 11.8. The first-order valence-electron chi connectivity index (χ1n) is 7.00. The summed E-state index contributed by atoms with van der Waals surface area (Å²) in [6.45, 7) is 7.80. The van der Waals surface area contributed by atoms with Crippen LogP contribution in [0.1, 0.15) is 42.4 Å². The molecule has 2 aromatic rings. The molecule has 0 saturated heterocycles. The zero-order chi connectivity index (χ0) is 14.3. The second kappa shape index (κ2) is 4.77. The van der Waals surface area contributed by atoms with Gasteiger partial charge in [0.15, 0.2) is 0 Å². The molecule has 1 aliphatic heterocycles. The number of hydrogen-bond acceptors (Lipinski definition) is 4. The van der Waals surface area contributed by atoms with Gasteiger partial charge in [0.05, 0.1) is 6.61 Å². The van der Waals surface area contributed by atoms with Gasteiger partial charge in [-0.2, -0.15) is 0 Å². The fourth-order valence-corrected chi connectivity index (χ4v) is 3.72. The molecule has 1 aliphatic rings. The fourth-order valence-electron chi connectivity index (χ4n) is 2.74. The van der Waals surface area contributed by atoms with Crippen molar-refractivity contribution in [2.45, 2.75) is 32.6 Å². The topological polar surface area (TPSA) is 38.3 Å². The maximum Gasteiger partial charge on any atom is 0.348 e. The lowest BCUT2D eigenvalue weighted by molar-refractivity contribution is 0.0532. The summed E-state index contributed by atoms with van der Waals surface area (Å²) in [6, 6.07) is 6.32. The standard InChI is InChI=1S/C16H19NO2S/c1-4-19-15(18)14-8-10-7-12-11(9-13(10)20-14)16(2,3)5-6-17-12/h7-9,17H,4-6H2,1-3H3. The quantitative estimate of drug-likeness (QED) is 0.843. The Kier molecular flexibility index (Phi) is 3.21. The van der Waals surface area contributed by atoms with E-state index in [0.717, 1.165) is 23.1 Å². The molecular weight excluding hydrogens is 270 g/mol. The molecule has 0 saturated carbocycles. The SMILES string of the molecule is CCOC(=O)c1cc2cc3c(cc2s1)C(C)(C)CCN3. The van der Waals surface area contributed by atoms with E-state index in [1.165, 1.54) is 22.6 Å². The van der Waals surface area contributed by atoms with Gasteiger partial charge in [-0.25, -0.2) is 4.79 Å². The number of carbonyl (C=O) groups excluding carboxylic acids is 1. The van der Waals surface area contributed by atoms with Crippen LogP contribution in [0, 0.1) is 0 Å². The highest BCUT2D eigenvalue weighted by molar-refractivity contribution is 7.20. The first kappa shape index (κ1) is 13.4. The minimum atomic E-state index is -0.223. The van der Waals surface area contributed by atoms with Crippen LogP contribution in [0.15, 0.2) is 18.2 Å². The van der Waals surface area contributed by atoms with Crippen LogP contribution in [0.4, 0.5) is 5.69 Å². The van der Waals surface area contributed by atoms with Crippen molar-refractivity contribution in [2.75, 3.05) is 18.5 Å². The number of carbonyl (C=O) groups is 1. The molecule has 20 heavy (non-hydrogen) atoms. The van der Waals surface area contributed by atoms with Crippen molar-refractivity contribution < 1.29 is 9.53 Å². The van der Waals surface area contributed by atoms with Crippen LogP contribution in [0.25, 0.3) is 10.1 Å². The van der Waals surface area contributed by atoms with Crippen molar-refractivity contribution in [3.8, 4) is 0 Å². The van der Waals surface area contributed by atoms with Gasteiger partial charge < -0.3 is 10.1 Å². The second-order valence-electron chi connectivity index (χ2n) is 5.83. The first-order valence-corrected chi connectivity index (χ1v) is 7.82. The van der Waals surface area contributed by atoms with Gasteiger partial charge in [0.1, 0.15) is 4.88 Å². The lowest BCUT2D eigenvalue weighted by Crippen LogP contribution is -2.28. The lowest BCUT2D eigenvalue weighted by atomic mass is 9.78. The predicted molar refractivity (Wildman–Crippen MR) is 83.9 cm³/mol. The van der Waals surface area contributed by atoms with E-state index >= 15 is 0 Å². The van der Waals surface area contributed by atoms with Crippen LogP contribution in [-0.2, 0) is 10.2 Å². The molecule has 0 spiro atoms. The number of benzene rings is 1. The van der Waals surface area contributed by atoms with E-state index in [-0.39, 0.29) is 11.4 Å². The molecule has 1 aromatic heterocycles. The number of thiophene rings is 1. The minimum absolute atomic E-state index is 0.183. The molecule has 3 rings (SSSR count). The highest BCUT2D eigenvalue weighted by atomic mass is 32.1. The Morgan fingerprint density at radius 3 is 2.95 bits per heavy atom. The van der Waals surface area contributed by atoms with Crippen LogP contribution in [0.2, 0.25) is 0 Å². The van der Waals surface area contributed by atoms with Crippen LogP contribution in [0.5, 0.6) is 0 Å². The van der Waals surface area contributed by atoms with Gasteiger partial charge in [0, 0.05) is 16.9 Å². The molecule has 0 fully saturated rings. The van der Waals surface area contributed by atoms with Crippen molar-refractivity contribution in [2.24, 2.45) is 0 Å². The first-order chi connectivity index (χ1) is 9.51. The number of esters is 1. The summed E-state index contributed by atoms with van der Waals surface area (Å²) in [7, 11) is 0. The third-order valence-corrected chi connectivity index (χ3v) is 5.01. The lowest BCUT2D eigenvalue weighted by Gasteiger charge is -2.33. The molecule has 3 nitrogen and oxygen atoms in total. The fraction of sp³-hybridized carbons (Fsp3) is 0.438. The van der Waals surface area contributed by atoms with E-state index in [9.17, 15) is 4.79 Å². The highest BCUT2D eigenvalue weighted by Gasteiger charge is 2.28. The van der Waals surface area contributed by atoms with Gasteiger partial charge in [-0.15, -0.1) is 11.3 Å². The summed E-state index contributed by atoms with van der Waals surface area (Å²) in [5.74, 6) is -0.223. The Bertz CT molecular complexity index is 672. The molecule has 2 heterocycles. The number of anilines is 1. The smallest absolute Gasteiger partial charge is 0.348 e. The van der Waals surface area contributed by atoms with E-state index < -0.39 is 0 Å². The van der Waals surface area contributed by atoms with Gasteiger partial charge >= 0.3 is 5.97 Å². The molecule has 106 valence electrons. The zero-order valence-electron chi connectivity index (χ0n) is 12.1. The van der Waals surface area contributed by atoms with Gasteiger partial charge in [-0.3, -0.25) is 0 Å². The molecule has 0 amide bonds. The van der Waals surface area contributed by atoms with E-state index in [1.807, 2.05) is 13.0 Å². The van der Waals surface area contributed by atoms with E-state index in [1.54, 1.807) is 0 Å². The average Bonchev–Trinajstić information content (AvgIpc) is 2.80. The van der Waals surface area contributed by atoms with Crippen LogP contribution < -0.4 is 5.32 Å². The molecule has 0 aliphatic carbocycles. The monoisotopic (exact) mass is 289 g/mol. The molecule has 0 atom stereocenters. The zero-order valence-corrected chi connectivity index (χ0v) is 12.9. The molecule has 4 heteroatoms. The van der Waals surface area contributed by atoms with Gasteiger partial charge in [-0.1, -0.05) is 13.8 Å². The molecule has 0 bridgehead atoms. The van der Waals surface area contributed by atoms with Gasteiger partial charge in [-0.05, 0) is 47.9 Å². The summed E-state index contributed by atoms with van der Waals surface area (Å²) >= 11 is 1.52. The molecule has 1 aromatic carbocycles. The Labute approximate surface area is 122 Å². The molecule has 1 N–H and O–H groups in total. The average molecular weight is 289 g/mol. The van der Waals surface area contributed by atoms with Gasteiger partial charge in [0.25, 0.3) is 0 Å². The van der Waals surface area contributed by atoms with Crippen LogP contribution >= 0.6 is 11.3 Å². The van der Waals surface area contributed by atoms with E-state index in [2.05, 4.69) is 31.3 Å². The van der Waals surface area contributed by atoms with Crippen molar-refractivity contribution in [1.82, 2.24) is 0 Å². The molecule has 0 unspecified atom stereocenters.